The van der Waals surface area contributed by atoms with Crippen molar-refractivity contribution in [1.29, 1.82) is 0 Å². The number of ether oxygens (including phenoxy) is 1. The summed E-state index contributed by atoms with van der Waals surface area (Å²) in [5.41, 5.74) is 1.51. The quantitative estimate of drug-likeness (QED) is 0.551. The summed E-state index contributed by atoms with van der Waals surface area (Å²) >= 11 is 0. The highest BCUT2D eigenvalue weighted by Gasteiger charge is 2.57. The van der Waals surface area contributed by atoms with Crippen LogP contribution in [0.5, 0.6) is 0 Å². The number of fused-ring (bicyclic) bond motifs is 1. The van der Waals surface area contributed by atoms with Gasteiger partial charge in [0.2, 0.25) is 5.91 Å². The Morgan fingerprint density at radius 3 is 2.87 bits per heavy atom. The third-order valence-electron chi connectivity index (χ3n) is 2.52. The molecule has 0 radical (unpaired) electrons. The van der Waals surface area contributed by atoms with Gasteiger partial charge >= 0.3 is 12.0 Å². The number of rotatable bonds is 1. The highest BCUT2D eigenvalue weighted by atomic mass is 16.6. The molecule has 0 spiro atoms. The summed E-state index contributed by atoms with van der Waals surface area (Å²) in [5, 5.41) is 3.49. The molecular formula is C8H11N3O4. The molecule has 3 amide bonds. The summed E-state index contributed by atoms with van der Waals surface area (Å²) in [6.45, 7) is 2.92. The van der Waals surface area contributed by atoms with Gasteiger partial charge in [-0.1, -0.05) is 0 Å². The van der Waals surface area contributed by atoms with Gasteiger partial charge in [0.25, 0.3) is 0 Å². The molecule has 7 heteroatoms. The fourth-order valence-corrected chi connectivity index (χ4v) is 1.90. The molecule has 7 nitrogen and oxygen atoms in total. The van der Waals surface area contributed by atoms with E-state index < -0.39 is 23.8 Å². The van der Waals surface area contributed by atoms with Crippen LogP contribution in [0.3, 0.4) is 0 Å². The second-order valence-electron chi connectivity index (χ2n) is 3.79. The van der Waals surface area contributed by atoms with Gasteiger partial charge in [-0.15, -0.1) is 0 Å². The Balaban J connectivity index is 2.12. The molecule has 0 aliphatic carbocycles. The van der Waals surface area contributed by atoms with Crippen LogP contribution in [-0.4, -0.2) is 34.7 Å². The first kappa shape index (κ1) is 9.91. The van der Waals surface area contributed by atoms with Crippen molar-refractivity contribution in [2.24, 2.45) is 0 Å². The molecule has 0 aromatic carbocycles. The van der Waals surface area contributed by atoms with Crippen molar-refractivity contribution in [2.75, 3.05) is 0 Å². The first-order valence-corrected chi connectivity index (χ1v) is 4.53. The van der Waals surface area contributed by atoms with E-state index in [-0.39, 0.29) is 5.91 Å². The van der Waals surface area contributed by atoms with Crippen LogP contribution in [0, 0.1) is 0 Å². The minimum Gasteiger partial charge on any atom is -0.442 e. The van der Waals surface area contributed by atoms with Crippen molar-refractivity contribution in [1.82, 2.24) is 15.8 Å². The molecule has 2 saturated heterocycles. The summed E-state index contributed by atoms with van der Waals surface area (Å²) in [4.78, 5) is 33.1. The van der Waals surface area contributed by atoms with E-state index in [2.05, 4.69) is 10.7 Å². The van der Waals surface area contributed by atoms with Crippen LogP contribution < -0.4 is 10.7 Å². The van der Waals surface area contributed by atoms with Gasteiger partial charge in [-0.3, -0.25) is 20.3 Å². The number of amides is 3. The molecule has 2 N–H and O–H groups in total. The van der Waals surface area contributed by atoms with E-state index in [0.717, 1.165) is 0 Å². The molecule has 2 atom stereocenters. The highest BCUT2D eigenvalue weighted by molar-refractivity contribution is 5.99. The summed E-state index contributed by atoms with van der Waals surface area (Å²) in [6.07, 6.45) is 0.374. The number of hydrazine groups is 1. The zero-order valence-corrected chi connectivity index (χ0v) is 8.36. The van der Waals surface area contributed by atoms with Crippen LogP contribution in [0.25, 0.3) is 0 Å². The average molecular weight is 213 g/mol. The van der Waals surface area contributed by atoms with E-state index in [0.29, 0.717) is 6.42 Å². The Bertz CT molecular complexity index is 356. The molecule has 2 fully saturated rings. The lowest BCUT2D eigenvalue weighted by Gasteiger charge is -2.54. The second kappa shape index (κ2) is 2.93. The number of nitrogens with one attached hydrogen (secondary N) is 2. The molecule has 0 aromatic rings. The smallest absolute Gasteiger partial charge is 0.336 e. The number of esters is 1. The van der Waals surface area contributed by atoms with Gasteiger partial charge in [-0.05, 0) is 6.92 Å². The van der Waals surface area contributed by atoms with Crippen molar-refractivity contribution in [3.63, 3.8) is 0 Å². The van der Waals surface area contributed by atoms with Crippen LogP contribution in [0.4, 0.5) is 4.79 Å². The summed E-state index contributed by atoms with van der Waals surface area (Å²) < 4.78 is 5.03. The minimum atomic E-state index is -0.913. The van der Waals surface area contributed by atoms with Crippen molar-refractivity contribution >= 4 is 17.9 Å². The molecule has 2 unspecified atom stereocenters. The lowest BCUT2D eigenvalue weighted by molar-refractivity contribution is -0.244. The molecule has 2 rings (SSSR count). The van der Waals surface area contributed by atoms with Gasteiger partial charge in [0.05, 0.1) is 0 Å². The number of carbonyl (C=O) groups excluding carboxylic acids is 3. The Hall–Kier alpha value is -1.63. The lowest BCUT2D eigenvalue weighted by atomic mass is 9.91. The van der Waals surface area contributed by atoms with E-state index in [9.17, 15) is 14.4 Å². The first-order chi connectivity index (χ1) is 6.92. The maximum Gasteiger partial charge on any atom is 0.336 e. The second-order valence-corrected chi connectivity index (χ2v) is 3.79. The number of imide groups is 1. The number of carbonyl (C=O) groups is 3. The first-order valence-electron chi connectivity index (χ1n) is 4.53. The number of urea groups is 1. The molecule has 0 saturated carbocycles. The summed E-state index contributed by atoms with van der Waals surface area (Å²) in [6, 6.07) is -1.05. The van der Waals surface area contributed by atoms with E-state index in [4.69, 9.17) is 4.74 Å². The predicted molar refractivity (Wildman–Crippen MR) is 47.1 cm³/mol. The van der Waals surface area contributed by atoms with Gasteiger partial charge in [-0.2, -0.15) is 5.01 Å². The Morgan fingerprint density at radius 1 is 1.60 bits per heavy atom. The predicted octanol–water partition coefficient (Wildman–Crippen LogP) is -0.906. The van der Waals surface area contributed by atoms with Gasteiger partial charge in [0, 0.05) is 13.3 Å². The van der Waals surface area contributed by atoms with Crippen LogP contribution in [0.2, 0.25) is 0 Å². The highest BCUT2D eigenvalue weighted by Crippen LogP contribution is 2.36. The normalized spacial score (nSPS) is 34.7. The van der Waals surface area contributed by atoms with Crippen molar-refractivity contribution in [3.05, 3.63) is 0 Å². The van der Waals surface area contributed by atoms with Crippen LogP contribution >= 0.6 is 0 Å². The number of nitrogens with zero attached hydrogens (tertiary/aromatic N) is 1. The zero-order valence-electron chi connectivity index (χ0n) is 8.36. The summed E-state index contributed by atoms with van der Waals surface area (Å²) in [7, 11) is 0. The zero-order chi connectivity index (χ0) is 11.2. The van der Waals surface area contributed by atoms with Crippen LogP contribution in [0.15, 0.2) is 0 Å². The average Bonchev–Trinajstić information content (AvgIpc) is 2.08. The van der Waals surface area contributed by atoms with Crippen molar-refractivity contribution in [2.45, 2.75) is 32.0 Å². The molecule has 2 heterocycles. The Morgan fingerprint density at radius 2 is 2.27 bits per heavy atom. The fraction of sp³-hybridized carbons (Fsp3) is 0.625. The molecule has 82 valence electrons. The molecule has 0 bridgehead atoms. The van der Waals surface area contributed by atoms with Gasteiger partial charge in [0.15, 0.2) is 5.72 Å². The lowest BCUT2D eigenvalue weighted by Crippen LogP contribution is -2.79. The van der Waals surface area contributed by atoms with Crippen LogP contribution in [0.1, 0.15) is 20.3 Å². The van der Waals surface area contributed by atoms with Gasteiger partial charge in [0.1, 0.15) is 6.04 Å². The Labute approximate surface area is 85.7 Å². The third kappa shape index (κ3) is 1.44. The molecule has 15 heavy (non-hydrogen) atoms. The Kier molecular flexibility index (Phi) is 1.93. The molecular weight excluding hydrogens is 202 g/mol. The van der Waals surface area contributed by atoms with Crippen molar-refractivity contribution in [3.8, 4) is 0 Å². The van der Waals surface area contributed by atoms with Gasteiger partial charge in [-0.25, -0.2) is 4.79 Å². The number of hydrogen-bond acceptors (Lipinski definition) is 5. The van der Waals surface area contributed by atoms with E-state index >= 15 is 0 Å². The largest absolute Gasteiger partial charge is 0.442 e. The fourth-order valence-electron chi connectivity index (χ4n) is 1.90. The van der Waals surface area contributed by atoms with Crippen molar-refractivity contribution < 1.29 is 19.1 Å². The van der Waals surface area contributed by atoms with E-state index in [1.165, 1.54) is 11.9 Å². The van der Waals surface area contributed by atoms with E-state index in [1.807, 2.05) is 0 Å². The monoisotopic (exact) mass is 213 g/mol. The van der Waals surface area contributed by atoms with E-state index in [1.54, 1.807) is 6.92 Å². The standard InChI is InChI=1S/C8H11N3O4/c1-4(12)15-8(2)3-5-6(13)9-7(14)10-11(5)8/h5H,3H2,1-2H3,(H2,9,10,13,14). The van der Waals surface area contributed by atoms with Crippen LogP contribution in [-0.2, 0) is 14.3 Å². The molecule has 2 aliphatic heterocycles. The maximum atomic E-state index is 11.3. The van der Waals surface area contributed by atoms with Gasteiger partial charge < -0.3 is 4.74 Å². The number of hydrogen-bond donors (Lipinski definition) is 2. The maximum absolute atomic E-state index is 11.3. The molecule has 0 aromatic heterocycles. The SMILES string of the molecule is CC(=O)OC1(C)CC2C(=O)NC(=O)NN21. The summed E-state index contributed by atoms with van der Waals surface area (Å²) in [5.74, 6) is -0.820. The third-order valence-corrected chi connectivity index (χ3v) is 2.52. The topological polar surface area (TPSA) is 87.7 Å². The minimum absolute atomic E-state index is 0.372. The molecule has 2 aliphatic rings.